The second kappa shape index (κ2) is 5.74. The molecule has 0 radical (unpaired) electrons. The molecule has 5 heteroatoms. The molecule has 0 bridgehead atoms. The summed E-state index contributed by atoms with van der Waals surface area (Å²) in [5, 5.41) is 2.10. The Hall–Kier alpha value is -1.07. The summed E-state index contributed by atoms with van der Waals surface area (Å²) in [6.07, 6.45) is 6.93. The highest BCUT2D eigenvalue weighted by Crippen LogP contribution is 2.33. The first-order valence-electron chi connectivity index (χ1n) is 7.64. The van der Waals surface area contributed by atoms with Crippen molar-refractivity contribution >= 4 is 22.1 Å². The number of rotatable bonds is 7. The Balaban J connectivity index is 1.95. The van der Waals surface area contributed by atoms with Crippen LogP contribution in [0.15, 0.2) is 11.6 Å². The highest BCUT2D eigenvalue weighted by molar-refractivity contribution is 7.15. The summed E-state index contributed by atoms with van der Waals surface area (Å²) in [5.41, 5.74) is 7.33. The minimum atomic E-state index is 0.165. The lowest BCUT2D eigenvalue weighted by molar-refractivity contribution is 0.679. The number of nitrogens with zero attached hydrogens (tertiary/aromatic N) is 3. The predicted molar refractivity (Wildman–Crippen MR) is 85.7 cm³/mol. The van der Waals surface area contributed by atoms with Crippen LogP contribution in [0.4, 0.5) is 5.82 Å². The Morgan fingerprint density at radius 3 is 3.00 bits per heavy atom. The smallest absolute Gasteiger partial charge is 0.195 e. The maximum Gasteiger partial charge on any atom is 0.195 e. The van der Waals surface area contributed by atoms with Crippen molar-refractivity contribution in [3.63, 3.8) is 0 Å². The van der Waals surface area contributed by atoms with Crippen molar-refractivity contribution in [3.05, 3.63) is 17.3 Å². The molecule has 1 saturated carbocycles. The molecule has 110 valence electrons. The van der Waals surface area contributed by atoms with E-state index in [2.05, 4.69) is 34.7 Å². The average molecular weight is 292 g/mol. The van der Waals surface area contributed by atoms with E-state index in [4.69, 9.17) is 10.7 Å². The van der Waals surface area contributed by atoms with E-state index in [1.54, 1.807) is 11.3 Å². The molecule has 1 unspecified atom stereocenters. The molecule has 0 amide bonds. The fraction of sp³-hybridized carbons (Fsp3) is 0.667. The van der Waals surface area contributed by atoms with Gasteiger partial charge in [0.1, 0.15) is 0 Å². The lowest BCUT2D eigenvalue weighted by Crippen LogP contribution is -2.29. The number of hydrogen-bond donors (Lipinski definition) is 1. The summed E-state index contributed by atoms with van der Waals surface area (Å²) < 4.78 is 2.22. The molecule has 1 fully saturated rings. The lowest BCUT2D eigenvalue weighted by atomic mass is 10.2. The average Bonchev–Trinajstić information content (AvgIpc) is 2.98. The van der Waals surface area contributed by atoms with Gasteiger partial charge < -0.3 is 10.6 Å². The Kier molecular flexibility index (Phi) is 3.98. The van der Waals surface area contributed by atoms with Crippen molar-refractivity contribution < 1.29 is 0 Å². The molecular weight excluding hydrogens is 268 g/mol. The molecule has 3 rings (SSSR count). The molecule has 2 aromatic heterocycles. The zero-order valence-electron chi connectivity index (χ0n) is 12.4. The molecule has 0 aromatic carbocycles. The minimum absolute atomic E-state index is 0.165. The molecule has 0 saturated heterocycles. The lowest BCUT2D eigenvalue weighted by Gasteiger charge is -2.23. The van der Waals surface area contributed by atoms with Gasteiger partial charge in [-0.05, 0) is 32.1 Å². The number of anilines is 1. The number of thiazole rings is 1. The quantitative estimate of drug-likeness (QED) is 0.853. The van der Waals surface area contributed by atoms with Gasteiger partial charge in [0.15, 0.2) is 10.8 Å². The molecule has 1 aliphatic carbocycles. The summed E-state index contributed by atoms with van der Waals surface area (Å²) in [7, 11) is 0. The summed E-state index contributed by atoms with van der Waals surface area (Å²) in [5.74, 6) is 2.05. The van der Waals surface area contributed by atoms with Gasteiger partial charge in [0, 0.05) is 37.1 Å². The summed E-state index contributed by atoms with van der Waals surface area (Å²) in [6, 6.07) is 0.165. The van der Waals surface area contributed by atoms with E-state index >= 15 is 0 Å². The maximum absolute atomic E-state index is 6.04. The molecule has 0 spiro atoms. The standard InChI is InChI=1S/C15H24N4S/c1-3-6-18(10-12-4-5-12)14-13(9-11(2)16)19-7-8-20-15(19)17-14/h7-8,11-12H,3-6,9-10,16H2,1-2H3. The van der Waals surface area contributed by atoms with Gasteiger partial charge >= 0.3 is 0 Å². The SMILES string of the molecule is CCCN(CC1CC1)c1nc2sccn2c1CC(C)N. The summed E-state index contributed by atoms with van der Waals surface area (Å²) in [6.45, 7) is 6.56. The van der Waals surface area contributed by atoms with Crippen molar-refractivity contribution in [2.24, 2.45) is 11.7 Å². The van der Waals surface area contributed by atoms with Gasteiger partial charge in [0.05, 0.1) is 5.69 Å². The van der Waals surface area contributed by atoms with Crippen LogP contribution in [0, 0.1) is 5.92 Å². The van der Waals surface area contributed by atoms with Gasteiger partial charge in [-0.2, -0.15) is 0 Å². The van der Waals surface area contributed by atoms with Crippen LogP contribution < -0.4 is 10.6 Å². The van der Waals surface area contributed by atoms with Gasteiger partial charge in [-0.15, -0.1) is 11.3 Å². The number of hydrogen-bond acceptors (Lipinski definition) is 4. The molecule has 2 N–H and O–H groups in total. The first-order chi connectivity index (χ1) is 9.69. The van der Waals surface area contributed by atoms with Gasteiger partial charge in [0.2, 0.25) is 0 Å². The van der Waals surface area contributed by atoms with Crippen LogP contribution in [-0.2, 0) is 6.42 Å². The minimum Gasteiger partial charge on any atom is -0.355 e. The van der Waals surface area contributed by atoms with E-state index in [-0.39, 0.29) is 6.04 Å². The summed E-state index contributed by atoms with van der Waals surface area (Å²) in [4.78, 5) is 8.45. The zero-order chi connectivity index (χ0) is 14.1. The maximum atomic E-state index is 6.04. The van der Waals surface area contributed by atoms with Gasteiger partial charge in [-0.1, -0.05) is 6.92 Å². The largest absolute Gasteiger partial charge is 0.355 e. The van der Waals surface area contributed by atoms with Crippen LogP contribution in [0.5, 0.6) is 0 Å². The van der Waals surface area contributed by atoms with Crippen molar-refractivity contribution in [1.82, 2.24) is 9.38 Å². The topological polar surface area (TPSA) is 46.6 Å². The van der Waals surface area contributed by atoms with E-state index < -0.39 is 0 Å². The van der Waals surface area contributed by atoms with Gasteiger partial charge in [-0.25, -0.2) is 4.98 Å². The Morgan fingerprint density at radius 2 is 2.35 bits per heavy atom. The first kappa shape index (κ1) is 13.9. The van der Waals surface area contributed by atoms with Crippen molar-refractivity contribution in [2.45, 2.75) is 45.6 Å². The highest BCUT2D eigenvalue weighted by atomic mass is 32.1. The van der Waals surface area contributed by atoms with Crippen LogP contribution in [0.3, 0.4) is 0 Å². The number of fused-ring (bicyclic) bond motifs is 1. The zero-order valence-corrected chi connectivity index (χ0v) is 13.2. The molecule has 2 aromatic rings. The molecule has 4 nitrogen and oxygen atoms in total. The molecule has 20 heavy (non-hydrogen) atoms. The fourth-order valence-corrected chi connectivity index (χ4v) is 3.46. The Bertz CT molecular complexity index is 567. The highest BCUT2D eigenvalue weighted by Gasteiger charge is 2.27. The molecule has 2 heterocycles. The Labute approximate surface area is 124 Å². The molecule has 0 aliphatic heterocycles. The Morgan fingerprint density at radius 1 is 1.55 bits per heavy atom. The predicted octanol–water partition coefficient (Wildman–Crippen LogP) is 2.91. The third-order valence-corrected chi connectivity index (χ3v) is 4.58. The van der Waals surface area contributed by atoms with Crippen LogP contribution >= 0.6 is 11.3 Å². The normalized spacial score (nSPS) is 16.8. The van der Waals surface area contributed by atoms with E-state index in [1.807, 2.05) is 0 Å². The number of aromatic nitrogens is 2. The van der Waals surface area contributed by atoms with E-state index in [1.165, 1.54) is 24.4 Å². The van der Waals surface area contributed by atoms with E-state index in [0.29, 0.717) is 0 Å². The van der Waals surface area contributed by atoms with Crippen LogP contribution in [0.25, 0.3) is 4.96 Å². The molecule has 1 atom stereocenters. The van der Waals surface area contributed by atoms with Gasteiger partial charge in [-0.3, -0.25) is 4.40 Å². The number of nitrogens with two attached hydrogens (primary N) is 1. The molecular formula is C15H24N4S. The second-order valence-electron chi connectivity index (χ2n) is 6.01. The van der Waals surface area contributed by atoms with Crippen molar-refractivity contribution in [3.8, 4) is 0 Å². The van der Waals surface area contributed by atoms with Crippen LogP contribution in [0.1, 0.15) is 38.8 Å². The molecule has 1 aliphatic rings. The van der Waals surface area contributed by atoms with Crippen LogP contribution in [0.2, 0.25) is 0 Å². The fourth-order valence-electron chi connectivity index (χ4n) is 2.73. The van der Waals surface area contributed by atoms with Crippen molar-refractivity contribution in [2.75, 3.05) is 18.0 Å². The van der Waals surface area contributed by atoms with Crippen LogP contribution in [-0.4, -0.2) is 28.5 Å². The van der Waals surface area contributed by atoms with Crippen molar-refractivity contribution in [1.29, 1.82) is 0 Å². The van der Waals surface area contributed by atoms with Gasteiger partial charge in [0.25, 0.3) is 0 Å². The summed E-state index contributed by atoms with van der Waals surface area (Å²) >= 11 is 1.70. The van der Waals surface area contributed by atoms with E-state index in [9.17, 15) is 0 Å². The number of imidazole rings is 1. The second-order valence-corrected chi connectivity index (χ2v) is 6.88. The first-order valence-corrected chi connectivity index (χ1v) is 8.52. The van der Waals surface area contributed by atoms with E-state index in [0.717, 1.165) is 36.8 Å². The third kappa shape index (κ3) is 2.83. The third-order valence-electron chi connectivity index (χ3n) is 3.82. The monoisotopic (exact) mass is 292 g/mol.